The monoisotopic (exact) mass is 202 g/mol. The van der Waals surface area contributed by atoms with Gasteiger partial charge in [0, 0.05) is 25.0 Å². The molecule has 0 aromatic carbocycles. The van der Waals surface area contributed by atoms with Crippen LogP contribution in [0.2, 0.25) is 0 Å². The highest BCUT2D eigenvalue weighted by Gasteiger charge is 2.53. The van der Waals surface area contributed by atoms with Crippen molar-refractivity contribution in [2.45, 2.75) is 24.9 Å². The van der Waals surface area contributed by atoms with Gasteiger partial charge in [-0.05, 0) is 12.8 Å². The second kappa shape index (κ2) is 3.77. The molecule has 0 saturated carbocycles. The Morgan fingerprint density at radius 2 is 1.86 bits per heavy atom. The molecule has 82 valence electrons. The zero-order valence-corrected chi connectivity index (χ0v) is 8.37. The van der Waals surface area contributed by atoms with E-state index in [-0.39, 0.29) is 6.61 Å². The molecule has 0 aromatic rings. The van der Waals surface area contributed by atoms with Gasteiger partial charge in [0.05, 0.1) is 19.8 Å². The maximum Gasteiger partial charge on any atom is 0.100 e. The van der Waals surface area contributed by atoms with Crippen LogP contribution in [0.15, 0.2) is 0 Å². The number of hydrogen-bond acceptors (Lipinski definition) is 4. The minimum Gasteiger partial charge on any atom is -0.396 e. The average Bonchev–Trinajstić information content (AvgIpc) is 2.68. The Kier molecular flexibility index (Phi) is 2.79. The molecule has 2 fully saturated rings. The fourth-order valence-electron chi connectivity index (χ4n) is 2.46. The molecule has 4 heteroatoms. The van der Waals surface area contributed by atoms with Crippen molar-refractivity contribution in [2.24, 2.45) is 5.41 Å². The third-order valence-electron chi connectivity index (χ3n) is 3.61. The van der Waals surface area contributed by atoms with Gasteiger partial charge in [-0.1, -0.05) is 0 Å². The SMILES string of the molecule is OCC1(C2(O)CCOC2)CCCOC1. The van der Waals surface area contributed by atoms with Crippen molar-refractivity contribution in [1.82, 2.24) is 0 Å². The normalized spacial score (nSPS) is 44.1. The Labute approximate surface area is 83.8 Å². The van der Waals surface area contributed by atoms with Crippen LogP contribution < -0.4 is 0 Å². The van der Waals surface area contributed by atoms with E-state index in [9.17, 15) is 10.2 Å². The van der Waals surface area contributed by atoms with Crippen LogP contribution in [0.4, 0.5) is 0 Å². The summed E-state index contributed by atoms with van der Waals surface area (Å²) in [4.78, 5) is 0. The Morgan fingerprint density at radius 1 is 1.07 bits per heavy atom. The summed E-state index contributed by atoms with van der Waals surface area (Å²) in [5, 5.41) is 19.9. The highest BCUT2D eigenvalue weighted by atomic mass is 16.5. The van der Waals surface area contributed by atoms with Gasteiger partial charge in [-0.25, -0.2) is 0 Å². The first kappa shape index (κ1) is 10.4. The third-order valence-corrected chi connectivity index (χ3v) is 3.61. The van der Waals surface area contributed by atoms with Gasteiger partial charge < -0.3 is 19.7 Å². The molecule has 4 nitrogen and oxygen atoms in total. The van der Waals surface area contributed by atoms with Gasteiger partial charge in [-0.2, -0.15) is 0 Å². The van der Waals surface area contributed by atoms with E-state index in [0.717, 1.165) is 19.4 Å². The average molecular weight is 202 g/mol. The zero-order chi connectivity index (χ0) is 10.1. The minimum atomic E-state index is -0.887. The van der Waals surface area contributed by atoms with E-state index in [0.29, 0.717) is 26.2 Å². The van der Waals surface area contributed by atoms with Crippen LogP contribution in [0, 0.1) is 5.41 Å². The smallest absolute Gasteiger partial charge is 0.100 e. The van der Waals surface area contributed by atoms with Crippen LogP contribution in [-0.4, -0.2) is 48.8 Å². The van der Waals surface area contributed by atoms with E-state index in [1.165, 1.54) is 0 Å². The van der Waals surface area contributed by atoms with Gasteiger partial charge >= 0.3 is 0 Å². The lowest BCUT2D eigenvalue weighted by Gasteiger charge is -2.45. The summed E-state index contributed by atoms with van der Waals surface area (Å²) in [6.45, 7) is 2.07. The van der Waals surface area contributed by atoms with Crippen LogP contribution >= 0.6 is 0 Å². The lowest BCUT2D eigenvalue weighted by molar-refractivity contribution is -0.166. The second-order valence-electron chi connectivity index (χ2n) is 4.43. The fraction of sp³-hybridized carbons (Fsp3) is 1.00. The molecule has 0 aromatic heterocycles. The molecular formula is C10H18O4. The summed E-state index contributed by atoms with van der Waals surface area (Å²) < 4.78 is 10.6. The topological polar surface area (TPSA) is 58.9 Å². The van der Waals surface area contributed by atoms with Crippen LogP contribution in [0.5, 0.6) is 0 Å². The molecule has 0 spiro atoms. The van der Waals surface area contributed by atoms with E-state index < -0.39 is 11.0 Å². The molecule has 2 heterocycles. The summed E-state index contributed by atoms with van der Waals surface area (Å²) in [5.74, 6) is 0. The Bertz CT molecular complexity index is 192. The van der Waals surface area contributed by atoms with E-state index in [1.54, 1.807) is 0 Å². The molecule has 0 radical (unpaired) electrons. The molecule has 0 bridgehead atoms. The van der Waals surface area contributed by atoms with Gasteiger partial charge in [0.1, 0.15) is 5.60 Å². The molecular weight excluding hydrogens is 184 g/mol. The molecule has 2 N–H and O–H groups in total. The van der Waals surface area contributed by atoms with E-state index in [1.807, 2.05) is 0 Å². The maximum absolute atomic E-state index is 10.4. The Balaban J connectivity index is 2.16. The third kappa shape index (κ3) is 1.46. The van der Waals surface area contributed by atoms with Gasteiger partial charge in [-0.3, -0.25) is 0 Å². The number of rotatable bonds is 2. The highest BCUT2D eigenvalue weighted by Crippen LogP contribution is 2.43. The fourth-order valence-corrected chi connectivity index (χ4v) is 2.46. The first-order valence-electron chi connectivity index (χ1n) is 5.21. The summed E-state index contributed by atoms with van der Waals surface area (Å²) in [5.41, 5.74) is -1.38. The van der Waals surface area contributed by atoms with Crippen molar-refractivity contribution < 1.29 is 19.7 Å². The lowest BCUT2D eigenvalue weighted by Crippen LogP contribution is -2.55. The predicted octanol–water partition coefficient (Wildman–Crippen LogP) is -0.0731. The van der Waals surface area contributed by atoms with E-state index in [4.69, 9.17) is 9.47 Å². The van der Waals surface area contributed by atoms with Gasteiger partial charge in [0.2, 0.25) is 0 Å². The molecule has 2 aliphatic heterocycles. The predicted molar refractivity (Wildman–Crippen MR) is 50.0 cm³/mol. The van der Waals surface area contributed by atoms with Crippen molar-refractivity contribution in [1.29, 1.82) is 0 Å². The van der Waals surface area contributed by atoms with Crippen LogP contribution in [0.1, 0.15) is 19.3 Å². The van der Waals surface area contributed by atoms with Gasteiger partial charge in [0.15, 0.2) is 0 Å². The molecule has 2 atom stereocenters. The molecule has 0 amide bonds. The lowest BCUT2D eigenvalue weighted by atomic mass is 9.68. The number of aliphatic hydroxyl groups excluding tert-OH is 1. The quantitative estimate of drug-likeness (QED) is 0.658. The first-order valence-corrected chi connectivity index (χ1v) is 5.21. The standard InChI is InChI=1S/C10H18O4/c11-6-9(2-1-4-13-7-9)10(12)3-5-14-8-10/h11-12H,1-8H2. The largest absolute Gasteiger partial charge is 0.396 e. The van der Waals surface area contributed by atoms with Crippen LogP contribution in [-0.2, 0) is 9.47 Å². The zero-order valence-electron chi connectivity index (χ0n) is 8.37. The summed E-state index contributed by atoms with van der Waals surface area (Å²) in [6.07, 6.45) is 2.34. The molecule has 0 aliphatic carbocycles. The minimum absolute atomic E-state index is 0.0210. The number of hydrogen-bond donors (Lipinski definition) is 2. The molecule has 2 rings (SSSR count). The molecule has 2 saturated heterocycles. The molecule has 2 aliphatic rings. The Hall–Kier alpha value is -0.160. The highest BCUT2D eigenvalue weighted by molar-refractivity contribution is 5.02. The van der Waals surface area contributed by atoms with Gasteiger partial charge in [0.25, 0.3) is 0 Å². The van der Waals surface area contributed by atoms with E-state index in [2.05, 4.69) is 0 Å². The van der Waals surface area contributed by atoms with Crippen molar-refractivity contribution in [3.63, 3.8) is 0 Å². The van der Waals surface area contributed by atoms with Crippen molar-refractivity contribution in [2.75, 3.05) is 33.0 Å². The number of ether oxygens (including phenoxy) is 2. The summed E-state index contributed by atoms with van der Waals surface area (Å²) in [7, 11) is 0. The van der Waals surface area contributed by atoms with E-state index >= 15 is 0 Å². The summed E-state index contributed by atoms with van der Waals surface area (Å²) in [6, 6.07) is 0. The van der Waals surface area contributed by atoms with Crippen molar-refractivity contribution in [3.05, 3.63) is 0 Å². The van der Waals surface area contributed by atoms with Crippen molar-refractivity contribution >= 4 is 0 Å². The summed E-state index contributed by atoms with van der Waals surface area (Å²) >= 11 is 0. The Morgan fingerprint density at radius 3 is 2.36 bits per heavy atom. The van der Waals surface area contributed by atoms with Crippen LogP contribution in [0.3, 0.4) is 0 Å². The second-order valence-corrected chi connectivity index (χ2v) is 4.43. The molecule has 14 heavy (non-hydrogen) atoms. The molecule has 2 unspecified atom stereocenters. The maximum atomic E-state index is 10.4. The first-order chi connectivity index (χ1) is 6.72. The van der Waals surface area contributed by atoms with Crippen molar-refractivity contribution in [3.8, 4) is 0 Å². The number of aliphatic hydroxyl groups is 2. The van der Waals surface area contributed by atoms with Crippen LogP contribution in [0.25, 0.3) is 0 Å². The van der Waals surface area contributed by atoms with Gasteiger partial charge in [-0.15, -0.1) is 0 Å².